The number of aryl methyl sites for hydroxylation is 1. The van der Waals surface area contributed by atoms with Gasteiger partial charge in [0.15, 0.2) is 6.10 Å². The highest BCUT2D eigenvalue weighted by Gasteiger charge is 2.34. The van der Waals surface area contributed by atoms with Gasteiger partial charge in [-0.2, -0.15) is 0 Å². The first-order valence-corrected chi connectivity index (χ1v) is 15.7. The lowest BCUT2D eigenvalue weighted by Crippen LogP contribution is -2.42. The Labute approximate surface area is 273 Å². The van der Waals surface area contributed by atoms with Gasteiger partial charge in [-0.1, -0.05) is 13.0 Å². The van der Waals surface area contributed by atoms with Gasteiger partial charge >= 0.3 is 11.9 Å². The highest BCUT2D eigenvalue weighted by Crippen LogP contribution is 2.28. The van der Waals surface area contributed by atoms with E-state index in [0.29, 0.717) is 63.9 Å². The van der Waals surface area contributed by atoms with Crippen LogP contribution in [0.2, 0.25) is 0 Å². The topological polar surface area (TPSA) is 196 Å². The highest BCUT2D eigenvalue weighted by atomic mass is 16.7. The molecular formula is C32H44N2O13. The Balaban J connectivity index is 1.25. The Morgan fingerprint density at radius 2 is 1.66 bits per heavy atom. The van der Waals surface area contributed by atoms with E-state index in [1.807, 2.05) is 12.1 Å². The van der Waals surface area contributed by atoms with Crippen LogP contribution in [0.25, 0.3) is 0 Å². The van der Waals surface area contributed by atoms with Crippen molar-refractivity contribution in [1.29, 1.82) is 0 Å². The van der Waals surface area contributed by atoms with Crippen molar-refractivity contribution in [2.75, 3.05) is 52.7 Å². The number of amides is 3. The summed E-state index contributed by atoms with van der Waals surface area (Å²) in [5.41, 5.74) is 1.57. The summed E-state index contributed by atoms with van der Waals surface area (Å²) in [4.78, 5) is 58.9. The molecule has 3 unspecified atom stereocenters. The maximum atomic E-state index is 11.8. The summed E-state index contributed by atoms with van der Waals surface area (Å²) < 4.78 is 33.2. The zero-order valence-electron chi connectivity index (χ0n) is 26.6. The van der Waals surface area contributed by atoms with Crippen LogP contribution in [0.5, 0.6) is 5.75 Å². The molecule has 0 radical (unpaired) electrons. The molecule has 0 saturated carbocycles. The van der Waals surface area contributed by atoms with E-state index in [0.717, 1.165) is 16.9 Å². The number of rotatable bonds is 22. The normalized spacial score (nSPS) is 19.2. The van der Waals surface area contributed by atoms with E-state index in [2.05, 4.69) is 5.32 Å². The maximum absolute atomic E-state index is 11.8. The molecular weight excluding hydrogens is 620 g/mol. The second-order valence-electron chi connectivity index (χ2n) is 10.8. The second kappa shape index (κ2) is 20.4. The van der Waals surface area contributed by atoms with Crippen LogP contribution >= 0.6 is 0 Å². The molecule has 0 aliphatic carbocycles. The number of aliphatic carboxylic acids is 1. The van der Waals surface area contributed by atoms with Crippen LogP contribution < -0.4 is 10.1 Å². The largest absolute Gasteiger partial charge is 0.479 e. The number of benzene rings is 1. The number of esters is 1. The van der Waals surface area contributed by atoms with Crippen molar-refractivity contribution in [1.82, 2.24) is 10.2 Å². The molecule has 3 N–H and O–H groups in total. The smallest absolute Gasteiger partial charge is 0.333 e. The standard InChI is InChI=1S/C32H44N2O13/c1-2-30(39)45-21-23-18-22(5-6-25(23)46-31-20-24(35)19-26(47-31)32(40)41)4-3-12-42-14-16-44-17-15-43-13-10-33-27(36)9-11-34-28(37)7-8-29(34)38/h5-8,18,24,26,31,35H,2-4,9-17,19-21H2,1H3,(H,33,36)(H,40,41). The quantitative estimate of drug-likeness (QED) is 0.0899. The van der Waals surface area contributed by atoms with E-state index in [1.165, 1.54) is 12.2 Å². The third kappa shape index (κ3) is 13.8. The molecule has 2 aliphatic heterocycles. The van der Waals surface area contributed by atoms with Gasteiger partial charge in [0.2, 0.25) is 12.2 Å². The van der Waals surface area contributed by atoms with Gasteiger partial charge in [0.05, 0.1) is 39.1 Å². The first kappa shape index (κ1) is 37.6. The molecule has 3 atom stereocenters. The number of nitrogens with one attached hydrogen (secondary N) is 1. The van der Waals surface area contributed by atoms with Crippen molar-refractivity contribution in [3.8, 4) is 5.75 Å². The number of carbonyl (C=O) groups is 5. The zero-order valence-corrected chi connectivity index (χ0v) is 26.6. The molecule has 3 rings (SSSR count). The Morgan fingerprint density at radius 3 is 2.34 bits per heavy atom. The van der Waals surface area contributed by atoms with Gasteiger partial charge in [-0.05, 0) is 30.5 Å². The van der Waals surface area contributed by atoms with Crippen LogP contribution in [-0.2, 0) is 60.7 Å². The highest BCUT2D eigenvalue weighted by molar-refractivity contribution is 6.13. The first-order chi connectivity index (χ1) is 22.7. The average molecular weight is 665 g/mol. The van der Waals surface area contributed by atoms with E-state index in [9.17, 15) is 34.2 Å². The van der Waals surface area contributed by atoms with E-state index >= 15 is 0 Å². The molecule has 1 fully saturated rings. The summed E-state index contributed by atoms with van der Waals surface area (Å²) >= 11 is 0. The van der Waals surface area contributed by atoms with Gasteiger partial charge in [0.25, 0.3) is 11.8 Å². The van der Waals surface area contributed by atoms with Crippen LogP contribution in [0.3, 0.4) is 0 Å². The van der Waals surface area contributed by atoms with Crippen molar-refractivity contribution < 1.29 is 62.6 Å². The summed E-state index contributed by atoms with van der Waals surface area (Å²) in [5, 5.41) is 22.0. The number of aliphatic hydroxyl groups excluding tert-OH is 1. The van der Waals surface area contributed by atoms with E-state index < -0.39 is 36.3 Å². The summed E-state index contributed by atoms with van der Waals surface area (Å²) in [5.74, 6) is -2.27. The lowest BCUT2D eigenvalue weighted by Gasteiger charge is -2.31. The predicted molar refractivity (Wildman–Crippen MR) is 163 cm³/mol. The molecule has 0 bridgehead atoms. The van der Waals surface area contributed by atoms with Gasteiger partial charge in [0.1, 0.15) is 12.4 Å². The van der Waals surface area contributed by atoms with Crippen LogP contribution in [0.15, 0.2) is 30.4 Å². The molecule has 1 saturated heterocycles. The minimum atomic E-state index is -1.17. The van der Waals surface area contributed by atoms with Crippen molar-refractivity contribution in [2.45, 2.75) is 70.6 Å². The number of aliphatic hydroxyl groups is 1. The Morgan fingerprint density at radius 1 is 0.979 bits per heavy atom. The summed E-state index contributed by atoms with van der Waals surface area (Å²) in [7, 11) is 0. The van der Waals surface area contributed by atoms with Crippen LogP contribution in [0, 0.1) is 0 Å². The molecule has 15 heteroatoms. The van der Waals surface area contributed by atoms with Gasteiger partial charge in [-0.3, -0.25) is 24.1 Å². The summed E-state index contributed by atoms with van der Waals surface area (Å²) in [6, 6.07) is 5.44. The van der Waals surface area contributed by atoms with E-state index in [-0.39, 0.29) is 50.7 Å². The van der Waals surface area contributed by atoms with Crippen molar-refractivity contribution in [2.24, 2.45) is 0 Å². The van der Waals surface area contributed by atoms with Crippen molar-refractivity contribution >= 4 is 29.7 Å². The van der Waals surface area contributed by atoms with E-state index in [4.69, 9.17) is 28.4 Å². The first-order valence-electron chi connectivity index (χ1n) is 15.7. The summed E-state index contributed by atoms with van der Waals surface area (Å²) in [6.07, 6.45) is 1.11. The lowest BCUT2D eigenvalue weighted by molar-refractivity contribution is -0.195. The number of ether oxygens (including phenoxy) is 6. The predicted octanol–water partition coefficient (Wildman–Crippen LogP) is 0.883. The molecule has 2 aliphatic rings. The number of carboxylic acids is 1. The van der Waals surface area contributed by atoms with Gasteiger partial charge in [-0.15, -0.1) is 0 Å². The van der Waals surface area contributed by atoms with Gasteiger partial charge in [0, 0.05) is 63.1 Å². The minimum absolute atomic E-state index is 0.0168. The Kier molecular flexibility index (Phi) is 16.3. The molecule has 1 aromatic rings. The molecule has 2 heterocycles. The molecule has 1 aromatic carbocycles. The van der Waals surface area contributed by atoms with Crippen molar-refractivity contribution in [3.05, 3.63) is 41.5 Å². The SMILES string of the molecule is CCC(=O)OCc1cc(CCCOCCOCCOCCNC(=O)CCN2C(=O)C=CC2=O)ccc1OC1CC(O)CC(C(=O)O)O1. The molecule has 260 valence electrons. The maximum Gasteiger partial charge on any atom is 0.333 e. The second-order valence-corrected chi connectivity index (χ2v) is 10.8. The number of imide groups is 1. The fourth-order valence-electron chi connectivity index (χ4n) is 4.65. The zero-order chi connectivity index (χ0) is 34.0. The Bertz CT molecular complexity index is 1220. The third-order valence-corrected chi connectivity index (χ3v) is 7.13. The number of carbonyl (C=O) groups excluding carboxylic acids is 4. The molecule has 47 heavy (non-hydrogen) atoms. The lowest BCUT2D eigenvalue weighted by atomic mass is 10.0. The number of hydrogen-bond acceptors (Lipinski definition) is 12. The molecule has 0 aromatic heterocycles. The van der Waals surface area contributed by atoms with Crippen molar-refractivity contribution in [3.63, 3.8) is 0 Å². The molecule has 15 nitrogen and oxygen atoms in total. The Hall–Kier alpha value is -3.89. The number of carboxylic acid groups (broad SMARTS) is 1. The van der Waals surface area contributed by atoms with Crippen LogP contribution in [0.1, 0.15) is 50.2 Å². The fourth-order valence-corrected chi connectivity index (χ4v) is 4.65. The van der Waals surface area contributed by atoms with Crippen LogP contribution in [0.4, 0.5) is 0 Å². The van der Waals surface area contributed by atoms with Gasteiger partial charge in [-0.25, -0.2) is 4.79 Å². The van der Waals surface area contributed by atoms with Crippen LogP contribution in [-0.4, -0.2) is 116 Å². The minimum Gasteiger partial charge on any atom is -0.479 e. The van der Waals surface area contributed by atoms with Gasteiger partial charge < -0.3 is 44.0 Å². The molecule has 3 amide bonds. The molecule has 0 spiro atoms. The number of hydrogen-bond donors (Lipinski definition) is 3. The monoisotopic (exact) mass is 664 g/mol. The van der Waals surface area contributed by atoms with E-state index in [1.54, 1.807) is 13.0 Å². The third-order valence-electron chi connectivity index (χ3n) is 7.13. The average Bonchev–Trinajstić information content (AvgIpc) is 3.37. The summed E-state index contributed by atoms with van der Waals surface area (Å²) in [6.45, 7) is 4.32. The number of nitrogens with zero attached hydrogens (tertiary/aromatic N) is 1. The fraction of sp³-hybridized carbons (Fsp3) is 0.594.